The van der Waals surface area contributed by atoms with Gasteiger partial charge in [-0.1, -0.05) is 25.4 Å². The number of rotatable bonds is 3. The standard InChI is InChI=1S/C12H11ClF2O/c1-7(2)11(16)6-3-8-10(14)5-4-9(13)12(8)15/h3-7H,1-2H3/b6-3+. The van der Waals surface area contributed by atoms with Crippen LogP contribution in [0.2, 0.25) is 5.02 Å². The van der Waals surface area contributed by atoms with Gasteiger partial charge in [0.25, 0.3) is 0 Å². The Morgan fingerprint density at radius 3 is 2.56 bits per heavy atom. The number of carbonyl (C=O) groups is 1. The first-order valence-electron chi connectivity index (χ1n) is 4.79. The Balaban J connectivity index is 3.06. The Labute approximate surface area is 97.7 Å². The lowest BCUT2D eigenvalue weighted by Crippen LogP contribution is -2.02. The van der Waals surface area contributed by atoms with Crippen LogP contribution in [0.25, 0.3) is 6.08 Å². The highest BCUT2D eigenvalue weighted by Gasteiger charge is 2.10. The minimum Gasteiger partial charge on any atom is -0.295 e. The molecule has 0 aliphatic rings. The van der Waals surface area contributed by atoms with E-state index in [1.807, 2.05) is 0 Å². The summed E-state index contributed by atoms with van der Waals surface area (Å²) in [6.07, 6.45) is 2.27. The molecule has 0 unspecified atom stereocenters. The number of hydrogen-bond acceptors (Lipinski definition) is 1. The number of ketones is 1. The van der Waals surface area contributed by atoms with Crippen molar-refractivity contribution in [3.63, 3.8) is 0 Å². The summed E-state index contributed by atoms with van der Waals surface area (Å²) in [5, 5.41) is -0.168. The summed E-state index contributed by atoms with van der Waals surface area (Å²) in [6.45, 7) is 3.41. The van der Waals surface area contributed by atoms with Gasteiger partial charge in [-0.05, 0) is 24.3 Å². The highest BCUT2D eigenvalue weighted by Crippen LogP contribution is 2.22. The van der Waals surface area contributed by atoms with Crippen molar-refractivity contribution >= 4 is 23.5 Å². The lowest BCUT2D eigenvalue weighted by atomic mass is 10.1. The quantitative estimate of drug-likeness (QED) is 0.583. The van der Waals surface area contributed by atoms with E-state index < -0.39 is 11.6 Å². The van der Waals surface area contributed by atoms with Crippen LogP contribution in [0.5, 0.6) is 0 Å². The van der Waals surface area contributed by atoms with Gasteiger partial charge in [0.15, 0.2) is 11.6 Å². The SMILES string of the molecule is CC(C)C(=O)/C=C/c1c(F)ccc(Cl)c1F. The molecular weight excluding hydrogens is 234 g/mol. The molecule has 0 radical (unpaired) electrons. The fourth-order valence-corrected chi connectivity index (χ4v) is 1.22. The molecule has 0 amide bonds. The first-order valence-corrected chi connectivity index (χ1v) is 5.16. The zero-order chi connectivity index (χ0) is 12.3. The number of benzene rings is 1. The second-order valence-corrected chi connectivity index (χ2v) is 4.05. The molecule has 0 saturated carbocycles. The number of carbonyl (C=O) groups excluding carboxylic acids is 1. The predicted octanol–water partition coefficient (Wildman–Crippen LogP) is 3.86. The van der Waals surface area contributed by atoms with Gasteiger partial charge in [0.1, 0.15) is 5.82 Å². The summed E-state index contributed by atoms with van der Waals surface area (Å²) in [5.74, 6) is -2.00. The van der Waals surface area contributed by atoms with Gasteiger partial charge < -0.3 is 0 Å². The van der Waals surface area contributed by atoms with Gasteiger partial charge in [-0.15, -0.1) is 0 Å². The zero-order valence-corrected chi connectivity index (χ0v) is 9.68. The first kappa shape index (κ1) is 12.8. The van der Waals surface area contributed by atoms with E-state index in [9.17, 15) is 13.6 Å². The van der Waals surface area contributed by atoms with Gasteiger partial charge in [-0.25, -0.2) is 8.78 Å². The third-order valence-corrected chi connectivity index (χ3v) is 2.35. The molecule has 0 bridgehead atoms. The number of hydrogen-bond donors (Lipinski definition) is 0. The van der Waals surface area contributed by atoms with Crippen molar-refractivity contribution in [2.75, 3.05) is 0 Å². The van der Waals surface area contributed by atoms with E-state index in [1.54, 1.807) is 13.8 Å². The molecule has 0 saturated heterocycles. The van der Waals surface area contributed by atoms with Crippen molar-refractivity contribution in [2.24, 2.45) is 5.92 Å². The molecule has 0 aliphatic heterocycles. The molecule has 0 spiro atoms. The molecule has 16 heavy (non-hydrogen) atoms. The summed E-state index contributed by atoms with van der Waals surface area (Å²) >= 11 is 5.50. The molecule has 0 N–H and O–H groups in total. The number of allylic oxidation sites excluding steroid dienone is 1. The van der Waals surface area contributed by atoms with Gasteiger partial charge in [0, 0.05) is 11.5 Å². The molecule has 1 nitrogen and oxygen atoms in total. The first-order chi connectivity index (χ1) is 7.43. The molecule has 0 heterocycles. The van der Waals surface area contributed by atoms with Crippen molar-refractivity contribution in [2.45, 2.75) is 13.8 Å². The summed E-state index contributed by atoms with van der Waals surface area (Å²) in [6, 6.07) is 2.19. The third-order valence-electron chi connectivity index (χ3n) is 2.06. The van der Waals surface area contributed by atoms with Crippen LogP contribution in [0.15, 0.2) is 18.2 Å². The Morgan fingerprint density at radius 1 is 1.38 bits per heavy atom. The van der Waals surface area contributed by atoms with E-state index in [0.717, 1.165) is 24.3 Å². The van der Waals surface area contributed by atoms with Crippen molar-refractivity contribution in [1.29, 1.82) is 0 Å². The van der Waals surface area contributed by atoms with Crippen LogP contribution in [0.4, 0.5) is 8.78 Å². The van der Waals surface area contributed by atoms with Gasteiger partial charge >= 0.3 is 0 Å². The maximum atomic E-state index is 13.4. The molecule has 0 atom stereocenters. The van der Waals surface area contributed by atoms with E-state index >= 15 is 0 Å². The van der Waals surface area contributed by atoms with Crippen molar-refractivity contribution in [3.05, 3.63) is 40.4 Å². The van der Waals surface area contributed by atoms with E-state index in [0.29, 0.717) is 0 Å². The smallest absolute Gasteiger partial charge is 0.158 e. The summed E-state index contributed by atoms with van der Waals surface area (Å²) in [4.78, 5) is 11.3. The average Bonchev–Trinajstić information content (AvgIpc) is 2.23. The van der Waals surface area contributed by atoms with Crippen molar-refractivity contribution in [1.82, 2.24) is 0 Å². The van der Waals surface area contributed by atoms with E-state index in [2.05, 4.69) is 0 Å². The maximum Gasteiger partial charge on any atom is 0.158 e. The van der Waals surface area contributed by atoms with Crippen LogP contribution in [-0.4, -0.2) is 5.78 Å². The van der Waals surface area contributed by atoms with Gasteiger partial charge in [0.05, 0.1) is 5.02 Å². The highest BCUT2D eigenvalue weighted by molar-refractivity contribution is 6.30. The fraction of sp³-hybridized carbons (Fsp3) is 0.250. The Bertz CT molecular complexity index is 439. The maximum absolute atomic E-state index is 13.4. The largest absolute Gasteiger partial charge is 0.295 e. The minimum atomic E-state index is -0.852. The third kappa shape index (κ3) is 2.89. The fourth-order valence-electron chi connectivity index (χ4n) is 1.05. The van der Waals surface area contributed by atoms with Gasteiger partial charge in [-0.2, -0.15) is 0 Å². The van der Waals surface area contributed by atoms with Crippen LogP contribution in [-0.2, 0) is 4.79 Å². The van der Waals surface area contributed by atoms with Crippen molar-refractivity contribution < 1.29 is 13.6 Å². The second kappa shape index (κ2) is 5.21. The van der Waals surface area contributed by atoms with E-state index in [1.165, 1.54) is 0 Å². The Kier molecular flexibility index (Phi) is 4.19. The minimum absolute atomic E-state index is 0.168. The highest BCUT2D eigenvalue weighted by atomic mass is 35.5. The normalized spacial score (nSPS) is 11.4. The van der Waals surface area contributed by atoms with E-state index in [-0.39, 0.29) is 22.3 Å². The van der Waals surface area contributed by atoms with E-state index in [4.69, 9.17) is 11.6 Å². The molecule has 0 aliphatic carbocycles. The Hall–Kier alpha value is -1.22. The van der Waals surface area contributed by atoms with Crippen LogP contribution in [0.3, 0.4) is 0 Å². The van der Waals surface area contributed by atoms with Crippen LogP contribution in [0, 0.1) is 17.6 Å². The van der Waals surface area contributed by atoms with Crippen LogP contribution < -0.4 is 0 Å². The lowest BCUT2D eigenvalue weighted by Gasteiger charge is -2.01. The molecule has 86 valence electrons. The predicted molar refractivity (Wildman–Crippen MR) is 60.2 cm³/mol. The molecule has 1 aromatic carbocycles. The van der Waals surface area contributed by atoms with Gasteiger partial charge in [-0.3, -0.25) is 4.79 Å². The lowest BCUT2D eigenvalue weighted by molar-refractivity contribution is -0.117. The summed E-state index contributed by atoms with van der Waals surface area (Å²) < 4.78 is 26.6. The molecule has 1 rings (SSSR count). The summed E-state index contributed by atoms with van der Waals surface area (Å²) in [7, 11) is 0. The van der Waals surface area contributed by atoms with Crippen LogP contribution >= 0.6 is 11.6 Å². The molecule has 4 heteroatoms. The zero-order valence-electron chi connectivity index (χ0n) is 8.93. The molecule has 0 aromatic heterocycles. The number of halogens is 3. The second-order valence-electron chi connectivity index (χ2n) is 3.65. The monoisotopic (exact) mass is 244 g/mol. The molecular formula is C12H11ClF2O. The van der Waals surface area contributed by atoms with Crippen LogP contribution in [0.1, 0.15) is 19.4 Å². The topological polar surface area (TPSA) is 17.1 Å². The average molecular weight is 245 g/mol. The Morgan fingerprint density at radius 2 is 2.00 bits per heavy atom. The molecule has 0 fully saturated rings. The van der Waals surface area contributed by atoms with Crippen molar-refractivity contribution in [3.8, 4) is 0 Å². The van der Waals surface area contributed by atoms with Gasteiger partial charge in [0.2, 0.25) is 0 Å². The molecule has 1 aromatic rings. The summed E-state index contributed by atoms with van der Waals surface area (Å²) in [5.41, 5.74) is -0.290.